The Kier molecular flexibility index (Phi) is 5.20. The van der Waals surface area contributed by atoms with Gasteiger partial charge in [-0.2, -0.15) is 0 Å². The Morgan fingerprint density at radius 3 is 2.56 bits per heavy atom. The molecule has 148 valence electrons. The third-order valence-corrected chi connectivity index (χ3v) is 7.20. The minimum Gasteiger partial charge on any atom is -0.495 e. The second-order valence-electron chi connectivity index (χ2n) is 7.39. The quantitative estimate of drug-likeness (QED) is 0.742. The van der Waals surface area contributed by atoms with Gasteiger partial charge in [0.1, 0.15) is 11.2 Å². The molecule has 1 unspecified atom stereocenters. The molecular formula is C19H26N2O5S. The van der Waals surface area contributed by atoms with Crippen LogP contribution in [0.3, 0.4) is 0 Å². The van der Waals surface area contributed by atoms with E-state index in [4.69, 9.17) is 4.74 Å². The summed E-state index contributed by atoms with van der Waals surface area (Å²) in [7, 11) is -1.58. The van der Waals surface area contributed by atoms with Crippen LogP contribution < -0.4 is 10.1 Å². The summed E-state index contributed by atoms with van der Waals surface area (Å²) < 4.78 is 28.9. The Balaban J connectivity index is 1.78. The maximum Gasteiger partial charge on any atom is 0.240 e. The molecule has 27 heavy (non-hydrogen) atoms. The van der Waals surface area contributed by atoms with E-state index in [1.165, 1.54) is 7.11 Å². The molecule has 1 saturated heterocycles. The van der Waals surface area contributed by atoms with E-state index < -0.39 is 15.3 Å². The van der Waals surface area contributed by atoms with Crippen molar-refractivity contribution in [2.45, 2.75) is 39.2 Å². The predicted molar refractivity (Wildman–Crippen MR) is 102 cm³/mol. The normalized spacial score (nSPS) is 22.1. The lowest BCUT2D eigenvalue weighted by Gasteiger charge is -2.30. The number of carbonyl (C=O) groups is 2. The first-order chi connectivity index (χ1) is 12.7. The Labute approximate surface area is 160 Å². The molecule has 1 aromatic rings. The third kappa shape index (κ3) is 3.81. The summed E-state index contributed by atoms with van der Waals surface area (Å²) in [5.41, 5.74) is 0.401. The molecule has 1 aromatic carbocycles. The molecule has 2 aliphatic rings. The second kappa shape index (κ2) is 7.14. The van der Waals surface area contributed by atoms with E-state index in [9.17, 15) is 18.0 Å². The molecule has 0 radical (unpaired) electrons. The number of carbonyl (C=O) groups excluding carboxylic acids is 2. The molecule has 2 amide bonds. The standard InChI is InChI=1S/C19H26N2O5S/c1-4-21(14-7-10-27(24,25)12-14)18(23)19(8-9-19)17(22)20-15-11-13(2)5-6-16(15)26-3/h5-6,11,14H,4,7-10,12H2,1-3H3,(H,20,22). The van der Waals surface area contributed by atoms with E-state index in [0.717, 1.165) is 5.56 Å². The van der Waals surface area contributed by atoms with Crippen molar-refractivity contribution in [3.05, 3.63) is 23.8 Å². The molecule has 0 aromatic heterocycles. The molecule has 3 rings (SSSR count). The molecule has 1 N–H and O–H groups in total. The number of nitrogens with one attached hydrogen (secondary N) is 1. The van der Waals surface area contributed by atoms with Gasteiger partial charge >= 0.3 is 0 Å². The lowest BCUT2D eigenvalue weighted by molar-refractivity contribution is -0.143. The van der Waals surface area contributed by atoms with Gasteiger partial charge < -0.3 is 15.0 Å². The average Bonchev–Trinajstić information content (AvgIpc) is 3.35. The number of benzene rings is 1. The van der Waals surface area contributed by atoms with Crippen LogP contribution in [0.2, 0.25) is 0 Å². The number of methoxy groups -OCH3 is 1. The van der Waals surface area contributed by atoms with E-state index in [1.54, 1.807) is 17.0 Å². The molecule has 1 heterocycles. The average molecular weight is 394 g/mol. The predicted octanol–water partition coefficient (Wildman–Crippen LogP) is 1.76. The summed E-state index contributed by atoms with van der Waals surface area (Å²) in [4.78, 5) is 27.7. The number of aryl methyl sites for hydroxylation is 1. The van der Waals surface area contributed by atoms with Crippen LogP contribution in [0.5, 0.6) is 5.75 Å². The van der Waals surface area contributed by atoms with Crippen molar-refractivity contribution in [2.75, 3.05) is 30.5 Å². The van der Waals surface area contributed by atoms with Crippen molar-refractivity contribution in [3.8, 4) is 5.75 Å². The fourth-order valence-corrected chi connectivity index (χ4v) is 5.42. The van der Waals surface area contributed by atoms with Crippen molar-refractivity contribution in [3.63, 3.8) is 0 Å². The number of nitrogens with zero attached hydrogens (tertiary/aromatic N) is 1. The lowest BCUT2D eigenvalue weighted by atomic mass is 10.0. The van der Waals surface area contributed by atoms with Crippen LogP contribution in [0.25, 0.3) is 0 Å². The first kappa shape index (κ1) is 19.7. The maximum absolute atomic E-state index is 13.1. The van der Waals surface area contributed by atoms with Crippen molar-refractivity contribution in [1.82, 2.24) is 4.90 Å². The number of amides is 2. The summed E-state index contributed by atoms with van der Waals surface area (Å²) in [6.45, 7) is 4.12. The first-order valence-corrected chi connectivity index (χ1v) is 11.0. The van der Waals surface area contributed by atoms with Crippen LogP contribution >= 0.6 is 0 Å². The van der Waals surface area contributed by atoms with Crippen molar-refractivity contribution >= 4 is 27.3 Å². The molecule has 8 heteroatoms. The van der Waals surface area contributed by atoms with Gasteiger partial charge in [-0.1, -0.05) is 6.07 Å². The van der Waals surface area contributed by atoms with Gasteiger partial charge in [-0.3, -0.25) is 9.59 Å². The highest BCUT2D eigenvalue weighted by Crippen LogP contribution is 2.49. The number of ether oxygens (including phenoxy) is 1. The van der Waals surface area contributed by atoms with Gasteiger partial charge in [0, 0.05) is 12.6 Å². The third-order valence-electron chi connectivity index (χ3n) is 5.45. The van der Waals surface area contributed by atoms with Crippen LogP contribution in [0.1, 0.15) is 31.7 Å². The van der Waals surface area contributed by atoms with E-state index in [0.29, 0.717) is 37.2 Å². The Bertz CT molecular complexity index is 861. The summed E-state index contributed by atoms with van der Waals surface area (Å²) >= 11 is 0. The highest BCUT2D eigenvalue weighted by molar-refractivity contribution is 7.91. The number of anilines is 1. The van der Waals surface area contributed by atoms with E-state index in [-0.39, 0.29) is 29.4 Å². The van der Waals surface area contributed by atoms with Crippen LogP contribution in [-0.4, -0.2) is 56.3 Å². The molecule has 1 aliphatic heterocycles. The first-order valence-electron chi connectivity index (χ1n) is 9.20. The van der Waals surface area contributed by atoms with Gasteiger partial charge in [-0.15, -0.1) is 0 Å². The van der Waals surface area contributed by atoms with Crippen molar-refractivity contribution < 1.29 is 22.7 Å². The fraction of sp³-hybridized carbons (Fsp3) is 0.579. The number of sulfone groups is 1. The van der Waals surface area contributed by atoms with Gasteiger partial charge in [0.05, 0.1) is 24.3 Å². The molecule has 2 fully saturated rings. The molecule has 0 bridgehead atoms. The minimum absolute atomic E-state index is 0.0179. The molecule has 1 aliphatic carbocycles. The Morgan fingerprint density at radius 1 is 1.33 bits per heavy atom. The highest BCUT2D eigenvalue weighted by Gasteiger charge is 2.59. The number of hydrogen-bond donors (Lipinski definition) is 1. The summed E-state index contributed by atoms with van der Waals surface area (Å²) in [5, 5.41) is 2.84. The van der Waals surface area contributed by atoms with Crippen molar-refractivity contribution in [2.24, 2.45) is 5.41 Å². The zero-order chi connectivity index (χ0) is 19.8. The SMILES string of the molecule is CCN(C(=O)C1(C(=O)Nc2cc(C)ccc2OC)CC1)C1CCS(=O)(=O)C1. The molecule has 0 spiro atoms. The minimum atomic E-state index is -3.10. The van der Waals surface area contributed by atoms with Gasteiger partial charge in [-0.25, -0.2) is 8.42 Å². The van der Waals surface area contributed by atoms with Gasteiger partial charge in [0.15, 0.2) is 9.84 Å². The topological polar surface area (TPSA) is 92.8 Å². The largest absolute Gasteiger partial charge is 0.495 e. The zero-order valence-electron chi connectivity index (χ0n) is 15.9. The van der Waals surface area contributed by atoms with Gasteiger partial charge in [0.25, 0.3) is 0 Å². The maximum atomic E-state index is 13.1. The summed E-state index contributed by atoms with van der Waals surface area (Å²) in [6, 6.07) is 5.12. The monoisotopic (exact) mass is 394 g/mol. The molecule has 7 nitrogen and oxygen atoms in total. The zero-order valence-corrected chi connectivity index (χ0v) is 16.8. The van der Waals surface area contributed by atoms with E-state index in [2.05, 4.69) is 5.32 Å². The smallest absolute Gasteiger partial charge is 0.240 e. The number of rotatable bonds is 6. The van der Waals surface area contributed by atoms with Gasteiger partial charge in [0.2, 0.25) is 11.8 Å². The molecule has 1 saturated carbocycles. The molecular weight excluding hydrogens is 368 g/mol. The second-order valence-corrected chi connectivity index (χ2v) is 9.62. The van der Waals surface area contributed by atoms with Gasteiger partial charge in [-0.05, 0) is 50.8 Å². The summed E-state index contributed by atoms with van der Waals surface area (Å²) in [5.74, 6) is -0.00438. The molecule has 1 atom stereocenters. The van der Waals surface area contributed by atoms with Crippen LogP contribution in [0.4, 0.5) is 5.69 Å². The van der Waals surface area contributed by atoms with E-state index in [1.807, 2.05) is 19.9 Å². The Hall–Kier alpha value is -2.09. The Morgan fingerprint density at radius 2 is 2.04 bits per heavy atom. The number of hydrogen-bond acceptors (Lipinski definition) is 5. The fourth-order valence-electron chi connectivity index (χ4n) is 3.69. The lowest BCUT2D eigenvalue weighted by Crippen LogP contribution is -2.48. The van der Waals surface area contributed by atoms with Crippen LogP contribution in [0.15, 0.2) is 18.2 Å². The van der Waals surface area contributed by atoms with E-state index >= 15 is 0 Å². The summed E-state index contributed by atoms with van der Waals surface area (Å²) in [6.07, 6.45) is 1.38. The van der Waals surface area contributed by atoms with Crippen molar-refractivity contribution in [1.29, 1.82) is 0 Å². The van der Waals surface area contributed by atoms with Crippen LogP contribution in [0, 0.1) is 12.3 Å². The van der Waals surface area contributed by atoms with Crippen LogP contribution in [-0.2, 0) is 19.4 Å². The highest BCUT2D eigenvalue weighted by atomic mass is 32.2.